The van der Waals surface area contributed by atoms with Crippen LogP contribution in [-0.2, 0) is 0 Å². The molecule has 5 aromatic rings. The van der Waals surface area contributed by atoms with Crippen LogP contribution in [0.15, 0.2) is 60.2 Å². The van der Waals surface area contributed by atoms with Gasteiger partial charge in [0.05, 0.1) is 40.9 Å². The lowest BCUT2D eigenvalue weighted by molar-refractivity contribution is 0.618. The van der Waals surface area contributed by atoms with Crippen molar-refractivity contribution in [3.8, 4) is 5.69 Å². The maximum absolute atomic E-state index is 13.9. The molecule has 0 aliphatic heterocycles. The number of nitrogens with zero attached hydrogens (tertiary/aromatic N) is 5. The van der Waals surface area contributed by atoms with E-state index in [0.29, 0.717) is 44.2 Å². The van der Waals surface area contributed by atoms with Crippen molar-refractivity contribution in [3.05, 3.63) is 82.3 Å². The highest BCUT2D eigenvalue weighted by atomic mass is 35.5. The molecule has 0 aliphatic rings. The van der Waals surface area contributed by atoms with Gasteiger partial charge in [-0.1, -0.05) is 23.7 Å². The molecule has 0 unspecified atom stereocenters. The second kappa shape index (κ2) is 7.44. The molecule has 10 heteroatoms. The van der Waals surface area contributed by atoms with E-state index in [1.807, 2.05) is 19.1 Å². The zero-order valence-electron chi connectivity index (χ0n) is 16.2. The summed E-state index contributed by atoms with van der Waals surface area (Å²) in [5, 5.41) is 4.62. The van der Waals surface area contributed by atoms with Crippen LogP contribution in [0.1, 0.15) is 18.7 Å². The normalized spacial score (nSPS) is 12.4. The first-order valence-electron chi connectivity index (χ1n) is 9.38. The van der Waals surface area contributed by atoms with Crippen molar-refractivity contribution in [1.29, 1.82) is 0 Å². The van der Waals surface area contributed by atoms with E-state index in [1.54, 1.807) is 12.1 Å². The SMILES string of the molecule is C[C@@H](Nc1ncnc2[nH]cnc12)c1cc2cccc(Cl)c2c(=O)n1-c1cncc(F)c1. The highest BCUT2D eigenvalue weighted by Gasteiger charge is 2.19. The first-order chi connectivity index (χ1) is 15.0. The Bertz CT molecular complexity index is 1500. The summed E-state index contributed by atoms with van der Waals surface area (Å²) in [7, 11) is 0. The van der Waals surface area contributed by atoms with Gasteiger partial charge in [-0.25, -0.2) is 19.3 Å². The fraction of sp³-hybridized carbons (Fsp3) is 0.0952. The van der Waals surface area contributed by atoms with E-state index >= 15 is 0 Å². The lowest BCUT2D eigenvalue weighted by Gasteiger charge is -2.21. The molecule has 0 spiro atoms. The van der Waals surface area contributed by atoms with Crippen molar-refractivity contribution in [1.82, 2.24) is 29.5 Å². The minimum atomic E-state index is -0.552. The third kappa shape index (κ3) is 3.28. The lowest BCUT2D eigenvalue weighted by atomic mass is 10.1. The zero-order chi connectivity index (χ0) is 21.5. The number of pyridine rings is 2. The van der Waals surface area contributed by atoms with Gasteiger partial charge < -0.3 is 10.3 Å². The quantitative estimate of drug-likeness (QED) is 0.442. The van der Waals surface area contributed by atoms with E-state index in [9.17, 15) is 9.18 Å². The average molecular weight is 436 g/mol. The number of hydrogen-bond donors (Lipinski definition) is 2. The molecule has 0 radical (unpaired) electrons. The van der Waals surface area contributed by atoms with E-state index in [2.05, 4.69) is 30.2 Å². The van der Waals surface area contributed by atoms with Crippen LogP contribution in [0.4, 0.5) is 10.2 Å². The van der Waals surface area contributed by atoms with Gasteiger partial charge in [0.1, 0.15) is 17.7 Å². The second-order valence-electron chi connectivity index (χ2n) is 6.96. The molecule has 31 heavy (non-hydrogen) atoms. The van der Waals surface area contributed by atoms with Crippen LogP contribution in [0.25, 0.3) is 27.6 Å². The second-order valence-corrected chi connectivity index (χ2v) is 7.37. The summed E-state index contributed by atoms with van der Waals surface area (Å²) in [5.74, 6) is -0.0504. The summed E-state index contributed by atoms with van der Waals surface area (Å²) in [6.07, 6.45) is 5.46. The van der Waals surface area contributed by atoms with Gasteiger partial charge >= 0.3 is 0 Å². The number of anilines is 1. The Hall–Kier alpha value is -3.85. The first-order valence-corrected chi connectivity index (χ1v) is 9.76. The van der Waals surface area contributed by atoms with E-state index in [0.717, 1.165) is 6.20 Å². The molecule has 0 saturated carbocycles. The third-order valence-electron chi connectivity index (χ3n) is 4.99. The molecule has 1 atom stereocenters. The summed E-state index contributed by atoms with van der Waals surface area (Å²) < 4.78 is 15.4. The van der Waals surface area contributed by atoms with Gasteiger partial charge in [-0.2, -0.15) is 0 Å². The summed E-state index contributed by atoms with van der Waals surface area (Å²) in [4.78, 5) is 33.0. The minimum Gasteiger partial charge on any atom is -0.360 e. The van der Waals surface area contributed by atoms with Crippen LogP contribution in [0, 0.1) is 5.82 Å². The molecule has 0 bridgehead atoms. The smallest absolute Gasteiger partial charge is 0.264 e. The largest absolute Gasteiger partial charge is 0.360 e. The maximum Gasteiger partial charge on any atom is 0.264 e. The van der Waals surface area contributed by atoms with Crippen LogP contribution in [-0.4, -0.2) is 29.5 Å². The molecular weight excluding hydrogens is 421 g/mol. The molecule has 2 N–H and O–H groups in total. The molecule has 8 nitrogen and oxygen atoms in total. The molecule has 4 heterocycles. The number of fused-ring (bicyclic) bond motifs is 2. The van der Waals surface area contributed by atoms with Crippen molar-refractivity contribution in [2.45, 2.75) is 13.0 Å². The van der Waals surface area contributed by atoms with Crippen LogP contribution < -0.4 is 10.9 Å². The molecule has 0 aliphatic carbocycles. The maximum atomic E-state index is 13.9. The number of H-pyrrole nitrogens is 1. The van der Waals surface area contributed by atoms with Crippen LogP contribution >= 0.6 is 11.6 Å². The lowest BCUT2D eigenvalue weighted by Crippen LogP contribution is -2.26. The van der Waals surface area contributed by atoms with Gasteiger partial charge in [0.15, 0.2) is 11.5 Å². The van der Waals surface area contributed by atoms with Gasteiger partial charge in [-0.15, -0.1) is 0 Å². The van der Waals surface area contributed by atoms with Crippen LogP contribution in [0.2, 0.25) is 5.02 Å². The summed E-state index contributed by atoms with van der Waals surface area (Å²) in [6, 6.07) is 7.92. The number of nitrogens with one attached hydrogen (secondary N) is 2. The molecule has 5 rings (SSSR count). The number of aromatic amines is 1. The number of rotatable bonds is 4. The highest BCUT2D eigenvalue weighted by molar-refractivity contribution is 6.35. The Labute approximate surface area is 179 Å². The van der Waals surface area contributed by atoms with Crippen LogP contribution in [0.5, 0.6) is 0 Å². The van der Waals surface area contributed by atoms with Gasteiger partial charge in [-0.3, -0.25) is 14.3 Å². The monoisotopic (exact) mass is 435 g/mol. The fourth-order valence-electron chi connectivity index (χ4n) is 3.60. The van der Waals surface area contributed by atoms with Gasteiger partial charge in [0.2, 0.25) is 0 Å². The number of halogens is 2. The van der Waals surface area contributed by atoms with E-state index in [4.69, 9.17) is 11.6 Å². The Kier molecular flexibility index (Phi) is 4.59. The molecule has 0 amide bonds. The Morgan fingerprint density at radius 1 is 1.19 bits per heavy atom. The summed E-state index contributed by atoms with van der Waals surface area (Å²) in [5.41, 5.74) is 1.66. The molecule has 1 aromatic carbocycles. The predicted molar refractivity (Wildman–Crippen MR) is 116 cm³/mol. The summed E-state index contributed by atoms with van der Waals surface area (Å²) in [6.45, 7) is 1.87. The number of benzene rings is 1. The molecular formula is C21H15ClFN7O. The van der Waals surface area contributed by atoms with Crippen LogP contribution in [0.3, 0.4) is 0 Å². The van der Waals surface area contributed by atoms with Crippen molar-refractivity contribution in [2.75, 3.05) is 5.32 Å². The van der Waals surface area contributed by atoms with E-state index < -0.39 is 11.9 Å². The first kappa shape index (κ1) is 19.1. The van der Waals surface area contributed by atoms with Crippen molar-refractivity contribution < 1.29 is 4.39 Å². The fourth-order valence-corrected chi connectivity index (χ4v) is 3.86. The van der Waals surface area contributed by atoms with Crippen molar-refractivity contribution in [2.24, 2.45) is 0 Å². The Morgan fingerprint density at radius 3 is 2.90 bits per heavy atom. The van der Waals surface area contributed by atoms with E-state index in [-0.39, 0.29) is 5.56 Å². The number of hydrogen-bond acceptors (Lipinski definition) is 6. The highest BCUT2D eigenvalue weighted by Crippen LogP contribution is 2.28. The Morgan fingerprint density at radius 2 is 2.06 bits per heavy atom. The molecule has 154 valence electrons. The molecule has 0 saturated heterocycles. The van der Waals surface area contributed by atoms with Gasteiger partial charge in [0.25, 0.3) is 5.56 Å². The molecule has 4 aromatic heterocycles. The van der Waals surface area contributed by atoms with Crippen molar-refractivity contribution >= 4 is 39.4 Å². The van der Waals surface area contributed by atoms with Gasteiger partial charge in [-0.05, 0) is 24.4 Å². The van der Waals surface area contributed by atoms with Crippen molar-refractivity contribution in [3.63, 3.8) is 0 Å². The third-order valence-corrected chi connectivity index (χ3v) is 5.30. The Balaban J connectivity index is 1.72. The van der Waals surface area contributed by atoms with E-state index in [1.165, 1.54) is 29.5 Å². The van der Waals surface area contributed by atoms with Gasteiger partial charge in [0, 0.05) is 11.8 Å². The summed E-state index contributed by atoms with van der Waals surface area (Å²) >= 11 is 6.32. The average Bonchev–Trinajstić information content (AvgIpc) is 3.23. The number of aromatic nitrogens is 6. The zero-order valence-corrected chi connectivity index (χ0v) is 16.9. The predicted octanol–water partition coefficient (Wildman–Crippen LogP) is 4.02. The standard InChI is InChI=1S/C21H15ClFN7O/c1-11(29-20-18-19(26-9-25-18)27-10-28-20)16-5-12-3-2-4-15(22)17(12)21(31)30(16)14-6-13(23)7-24-8-14/h2-11H,1H3,(H2,25,26,27,28,29)/t11-/m1/s1. The molecule has 0 fully saturated rings. The topological polar surface area (TPSA) is 101 Å². The minimum absolute atomic E-state index is 0.295. The number of imidazole rings is 1.